The van der Waals surface area contributed by atoms with Gasteiger partial charge in [0.2, 0.25) is 0 Å². The van der Waals surface area contributed by atoms with Crippen molar-refractivity contribution in [2.24, 2.45) is 0 Å². The molecule has 2 nitrogen and oxygen atoms in total. The van der Waals surface area contributed by atoms with Gasteiger partial charge in [0.15, 0.2) is 0 Å². The van der Waals surface area contributed by atoms with Gasteiger partial charge in [0.25, 0.3) is 0 Å². The summed E-state index contributed by atoms with van der Waals surface area (Å²) >= 11 is 4.84. The van der Waals surface area contributed by atoms with Gasteiger partial charge in [0, 0.05) is 16.3 Å². The van der Waals surface area contributed by atoms with Gasteiger partial charge in [-0.15, -0.1) is 0 Å². The van der Waals surface area contributed by atoms with Crippen LogP contribution in [0, 0.1) is 0 Å². The van der Waals surface area contributed by atoms with Crippen LogP contribution >= 0.6 is 40.3 Å². The number of hydrogen-bond acceptors (Lipinski definition) is 5. The molecule has 0 radical (unpaired) electrons. The van der Waals surface area contributed by atoms with E-state index in [2.05, 4.69) is 27.7 Å². The molecule has 0 aliphatic heterocycles. The van der Waals surface area contributed by atoms with Crippen molar-refractivity contribution in [3.05, 3.63) is 0 Å². The summed E-state index contributed by atoms with van der Waals surface area (Å²) in [5.74, 6) is 0.502. The Bertz CT molecular complexity index is 229. The SMILES string of the molecule is CCOP(=O)(SCCSCC)SC(C)(C)C. The third-order valence-corrected chi connectivity index (χ3v) is 10.6. The van der Waals surface area contributed by atoms with Gasteiger partial charge in [-0.1, -0.05) is 50.5 Å². The molecule has 6 heteroatoms. The highest BCUT2D eigenvalue weighted by Gasteiger charge is 2.30. The van der Waals surface area contributed by atoms with E-state index in [1.165, 1.54) is 22.8 Å². The minimum absolute atomic E-state index is 0.0183. The lowest BCUT2D eigenvalue weighted by Gasteiger charge is -2.24. The van der Waals surface area contributed by atoms with E-state index in [0.29, 0.717) is 6.61 Å². The van der Waals surface area contributed by atoms with Crippen molar-refractivity contribution in [2.45, 2.75) is 39.4 Å². The third-order valence-electron chi connectivity index (χ3n) is 1.35. The molecular weight excluding hydrogens is 279 g/mol. The maximum absolute atomic E-state index is 12.5. The fourth-order valence-electron chi connectivity index (χ4n) is 0.936. The number of thioether (sulfide) groups is 1. The highest BCUT2D eigenvalue weighted by atomic mass is 33.1. The van der Waals surface area contributed by atoms with Crippen LogP contribution in [0.2, 0.25) is 0 Å². The molecule has 0 bridgehead atoms. The van der Waals surface area contributed by atoms with Gasteiger partial charge in [-0.05, 0) is 12.7 Å². The molecule has 0 saturated heterocycles. The van der Waals surface area contributed by atoms with Gasteiger partial charge in [0.05, 0.1) is 6.61 Å². The first-order chi connectivity index (χ1) is 7.33. The topological polar surface area (TPSA) is 26.3 Å². The Hall–Kier alpha value is 1.24. The van der Waals surface area contributed by atoms with Gasteiger partial charge in [-0.2, -0.15) is 11.8 Å². The van der Waals surface area contributed by atoms with Crippen LogP contribution in [-0.4, -0.2) is 28.6 Å². The minimum Gasteiger partial charge on any atom is -0.314 e. The zero-order chi connectivity index (χ0) is 12.7. The maximum atomic E-state index is 12.5. The van der Waals surface area contributed by atoms with Gasteiger partial charge in [-0.3, -0.25) is 4.57 Å². The van der Waals surface area contributed by atoms with Gasteiger partial charge >= 0.3 is 5.77 Å². The molecule has 0 rings (SSSR count). The van der Waals surface area contributed by atoms with Crippen molar-refractivity contribution in [3.63, 3.8) is 0 Å². The fraction of sp³-hybridized carbons (Fsp3) is 1.00. The highest BCUT2D eigenvalue weighted by molar-refractivity contribution is 8.89. The Morgan fingerprint density at radius 3 is 2.25 bits per heavy atom. The van der Waals surface area contributed by atoms with E-state index in [-0.39, 0.29) is 4.75 Å². The smallest absolute Gasteiger partial charge is 0.313 e. The maximum Gasteiger partial charge on any atom is 0.313 e. The van der Waals surface area contributed by atoms with Crippen LogP contribution in [0.15, 0.2) is 0 Å². The molecule has 0 aliphatic rings. The molecule has 0 spiro atoms. The number of rotatable bonds is 8. The molecule has 98 valence electrons. The van der Waals surface area contributed by atoms with E-state index in [0.717, 1.165) is 17.3 Å². The lowest BCUT2D eigenvalue weighted by atomic mass is 10.3. The van der Waals surface area contributed by atoms with Crippen molar-refractivity contribution < 1.29 is 9.09 Å². The Morgan fingerprint density at radius 2 is 1.81 bits per heavy atom. The van der Waals surface area contributed by atoms with Crippen molar-refractivity contribution in [1.82, 2.24) is 0 Å². The monoisotopic (exact) mass is 302 g/mol. The second kappa shape index (κ2) is 8.36. The van der Waals surface area contributed by atoms with Gasteiger partial charge in [0.1, 0.15) is 0 Å². The van der Waals surface area contributed by atoms with Crippen LogP contribution < -0.4 is 0 Å². The van der Waals surface area contributed by atoms with E-state index < -0.39 is 5.77 Å². The Morgan fingerprint density at radius 1 is 1.19 bits per heavy atom. The molecule has 1 atom stereocenters. The summed E-state index contributed by atoms with van der Waals surface area (Å²) in [5, 5.41) is 0. The van der Waals surface area contributed by atoms with Crippen LogP contribution in [0.25, 0.3) is 0 Å². The summed E-state index contributed by atoms with van der Waals surface area (Å²) in [4.78, 5) is 0. The molecular formula is C10H23O2PS3. The van der Waals surface area contributed by atoms with E-state index in [1.54, 1.807) is 0 Å². The molecule has 16 heavy (non-hydrogen) atoms. The number of hydrogen-bond donors (Lipinski definition) is 0. The fourth-order valence-corrected chi connectivity index (χ4v) is 11.1. The second-order valence-electron chi connectivity index (χ2n) is 4.10. The van der Waals surface area contributed by atoms with E-state index >= 15 is 0 Å². The van der Waals surface area contributed by atoms with Crippen molar-refractivity contribution in [1.29, 1.82) is 0 Å². The van der Waals surface area contributed by atoms with Crippen LogP contribution in [0.5, 0.6) is 0 Å². The Kier molecular flexibility index (Phi) is 9.01. The zero-order valence-electron chi connectivity index (χ0n) is 10.8. The van der Waals surface area contributed by atoms with Crippen LogP contribution in [0.4, 0.5) is 0 Å². The first kappa shape index (κ1) is 17.2. The average Bonchev–Trinajstić information content (AvgIpc) is 2.10. The van der Waals surface area contributed by atoms with Crippen molar-refractivity contribution in [2.75, 3.05) is 23.9 Å². The molecule has 0 aromatic heterocycles. The summed E-state index contributed by atoms with van der Waals surface area (Å²) in [6, 6.07) is 0. The summed E-state index contributed by atoms with van der Waals surface area (Å²) in [5.41, 5.74) is 0. The average molecular weight is 302 g/mol. The van der Waals surface area contributed by atoms with Crippen LogP contribution in [0.1, 0.15) is 34.6 Å². The Labute approximate surface area is 112 Å². The molecule has 0 heterocycles. The normalized spacial score (nSPS) is 16.1. The quantitative estimate of drug-likeness (QED) is 0.456. The van der Waals surface area contributed by atoms with Gasteiger partial charge in [-0.25, -0.2) is 0 Å². The summed E-state index contributed by atoms with van der Waals surface area (Å²) in [7, 11) is 0. The van der Waals surface area contributed by atoms with E-state index in [9.17, 15) is 4.57 Å². The van der Waals surface area contributed by atoms with E-state index in [4.69, 9.17) is 4.52 Å². The molecule has 0 N–H and O–H groups in total. The highest BCUT2D eigenvalue weighted by Crippen LogP contribution is 2.72. The molecule has 1 unspecified atom stereocenters. The summed E-state index contributed by atoms with van der Waals surface area (Å²) in [6.07, 6.45) is 0. The molecule has 0 aromatic carbocycles. The van der Waals surface area contributed by atoms with Crippen LogP contribution in [-0.2, 0) is 9.09 Å². The molecule has 0 fully saturated rings. The predicted molar refractivity (Wildman–Crippen MR) is 82.0 cm³/mol. The third kappa shape index (κ3) is 9.29. The summed E-state index contributed by atoms with van der Waals surface area (Å²) < 4.78 is 17.9. The molecule has 0 amide bonds. The van der Waals surface area contributed by atoms with Gasteiger partial charge < -0.3 is 4.52 Å². The molecule has 0 aromatic rings. The lowest BCUT2D eigenvalue weighted by Crippen LogP contribution is -2.07. The Balaban J connectivity index is 4.17. The summed E-state index contributed by atoms with van der Waals surface area (Å²) in [6.45, 7) is 10.8. The van der Waals surface area contributed by atoms with Crippen molar-refractivity contribution in [3.8, 4) is 0 Å². The second-order valence-corrected chi connectivity index (χ2v) is 13.6. The zero-order valence-corrected chi connectivity index (χ0v) is 14.2. The standard InChI is InChI=1S/C10H23O2PS3/c1-6-12-13(11,16-10(3,4)5)15-9-8-14-7-2/h6-9H2,1-5H3. The minimum atomic E-state index is -2.56. The van der Waals surface area contributed by atoms with Crippen LogP contribution in [0.3, 0.4) is 0 Å². The largest absolute Gasteiger partial charge is 0.314 e. The van der Waals surface area contributed by atoms with Crippen molar-refractivity contribution >= 4 is 40.3 Å². The molecule has 0 aliphatic carbocycles. The van der Waals surface area contributed by atoms with E-state index in [1.807, 2.05) is 18.7 Å². The first-order valence-electron chi connectivity index (χ1n) is 5.50. The predicted octanol–water partition coefficient (Wildman–Crippen LogP) is 5.15. The molecule has 0 saturated carbocycles. The lowest BCUT2D eigenvalue weighted by molar-refractivity contribution is 0.357. The first-order valence-corrected chi connectivity index (χ1v) is 11.3.